The van der Waals surface area contributed by atoms with Crippen molar-refractivity contribution in [1.29, 1.82) is 0 Å². The lowest BCUT2D eigenvalue weighted by atomic mass is 9.75. The Balaban J connectivity index is 1.33. The van der Waals surface area contributed by atoms with Crippen molar-refractivity contribution in [2.75, 3.05) is 6.61 Å². The van der Waals surface area contributed by atoms with Crippen molar-refractivity contribution in [2.45, 2.75) is 103 Å². The molecule has 0 aliphatic heterocycles. The van der Waals surface area contributed by atoms with Crippen LogP contribution in [0.25, 0.3) is 0 Å². The fraction of sp³-hybridized carbons (Fsp3) is 0.760. The van der Waals surface area contributed by atoms with E-state index in [1.807, 2.05) is 13.0 Å². The van der Waals surface area contributed by atoms with Crippen LogP contribution < -0.4 is 0 Å². The van der Waals surface area contributed by atoms with Crippen molar-refractivity contribution in [1.82, 2.24) is 0 Å². The molecule has 2 aliphatic rings. The van der Waals surface area contributed by atoms with Crippen LogP contribution in [-0.2, 0) is 4.74 Å². The van der Waals surface area contributed by atoms with Gasteiger partial charge >= 0.3 is 0 Å². The van der Waals surface area contributed by atoms with Crippen molar-refractivity contribution in [3.8, 4) is 0 Å². The minimum atomic E-state index is 0.0105. The molecule has 1 nitrogen and oxygen atoms in total. The van der Waals surface area contributed by atoms with Gasteiger partial charge in [0, 0.05) is 6.61 Å². The average Bonchev–Trinajstić information content (AvgIpc) is 2.68. The van der Waals surface area contributed by atoms with E-state index in [1.54, 1.807) is 6.07 Å². The largest absolute Gasteiger partial charge is 0.378 e. The zero-order valence-corrected chi connectivity index (χ0v) is 17.5. The molecule has 3 rings (SSSR count). The van der Waals surface area contributed by atoms with Crippen molar-refractivity contribution in [3.05, 3.63) is 35.1 Å². The SMILES string of the molecule is CCCCOC1CCC(CCC2CCC(c3ccc(C)cc3F)CC2)CC1. The molecular weight excluding hydrogens is 335 g/mol. The summed E-state index contributed by atoms with van der Waals surface area (Å²) >= 11 is 0. The van der Waals surface area contributed by atoms with E-state index >= 15 is 0 Å². The maximum Gasteiger partial charge on any atom is 0.126 e. The third-order valence-electron chi connectivity index (χ3n) is 7.07. The zero-order valence-electron chi connectivity index (χ0n) is 17.5. The van der Waals surface area contributed by atoms with Crippen LogP contribution >= 0.6 is 0 Å². The Morgan fingerprint density at radius 2 is 1.56 bits per heavy atom. The standard InChI is InChI=1S/C25H39FO/c1-3-4-17-27-23-14-10-21(11-15-23)7-6-20-8-12-22(13-9-20)24-16-5-19(2)18-25(24)26/h5,16,18,20-23H,3-4,6-15,17H2,1-2H3. The van der Waals surface area contributed by atoms with E-state index in [9.17, 15) is 4.39 Å². The summed E-state index contributed by atoms with van der Waals surface area (Å²) in [6.07, 6.45) is 15.9. The van der Waals surface area contributed by atoms with Crippen LogP contribution in [0.2, 0.25) is 0 Å². The molecule has 27 heavy (non-hydrogen) atoms. The third-order valence-corrected chi connectivity index (χ3v) is 7.07. The van der Waals surface area contributed by atoms with E-state index in [1.165, 1.54) is 77.0 Å². The molecule has 0 saturated heterocycles. The van der Waals surface area contributed by atoms with Gasteiger partial charge in [-0.1, -0.05) is 38.3 Å². The van der Waals surface area contributed by atoms with Gasteiger partial charge in [0.15, 0.2) is 0 Å². The van der Waals surface area contributed by atoms with E-state index in [4.69, 9.17) is 4.74 Å². The summed E-state index contributed by atoms with van der Waals surface area (Å²) in [5.41, 5.74) is 1.98. The fourth-order valence-corrected chi connectivity index (χ4v) is 5.18. The average molecular weight is 375 g/mol. The lowest BCUT2D eigenvalue weighted by Gasteiger charge is -2.32. The number of benzene rings is 1. The smallest absolute Gasteiger partial charge is 0.126 e. The predicted octanol–water partition coefficient (Wildman–Crippen LogP) is 7.56. The van der Waals surface area contributed by atoms with Gasteiger partial charge in [-0.15, -0.1) is 0 Å². The molecule has 2 saturated carbocycles. The normalized spacial score (nSPS) is 29.0. The Bertz CT molecular complexity index is 553. The molecule has 0 aromatic heterocycles. The number of halogens is 1. The Morgan fingerprint density at radius 1 is 0.926 bits per heavy atom. The highest BCUT2D eigenvalue weighted by Crippen LogP contribution is 2.40. The first kappa shape index (κ1) is 20.8. The summed E-state index contributed by atoms with van der Waals surface area (Å²) < 4.78 is 20.2. The number of hydrogen-bond acceptors (Lipinski definition) is 1. The molecule has 0 unspecified atom stereocenters. The molecule has 2 fully saturated rings. The van der Waals surface area contributed by atoms with Crippen molar-refractivity contribution in [3.63, 3.8) is 0 Å². The minimum Gasteiger partial charge on any atom is -0.378 e. The monoisotopic (exact) mass is 374 g/mol. The molecular formula is C25H39FO. The van der Waals surface area contributed by atoms with Crippen LogP contribution in [0, 0.1) is 24.6 Å². The van der Waals surface area contributed by atoms with Crippen LogP contribution in [-0.4, -0.2) is 12.7 Å². The second kappa shape index (κ2) is 10.6. The number of unbranched alkanes of at least 4 members (excludes halogenated alkanes) is 1. The Hall–Kier alpha value is -0.890. The zero-order chi connectivity index (χ0) is 19.1. The van der Waals surface area contributed by atoms with Gasteiger partial charge in [-0.3, -0.25) is 0 Å². The molecule has 1 aromatic carbocycles. The fourth-order valence-electron chi connectivity index (χ4n) is 5.18. The van der Waals surface area contributed by atoms with Gasteiger partial charge in [-0.05, 0) is 99.7 Å². The second-order valence-electron chi connectivity index (χ2n) is 9.19. The lowest BCUT2D eigenvalue weighted by molar-refractivity contribution is 0.0151. The van der Waals surface area contributed by atoms with E-state index in [2.05, 4.69) is 13.0 Å². The van der Waals surface area contributed by atoms with Crippen molar-refractivity contribution in [2.24, 2.45) is 11.8 Å². The van der Waals surface area contributed by atoms with Crippen LogP contribution in [0.5, 0.6) is 0 Å². The first-order chi connectivity index (χ1) is 13.2. The molecule has 0 spiro atoms. The van der Waals surface area contributed by atoms with Gasteiger partial charge < -0.3 is 4.74 Å². The summed E-state index contributed by atoms with van der Waals surface area (Å²) in [6, 6.07) is 5.78. The Labute approximate surface area is 166 Å². The summed E-state index contributed by atoms with van der Waals surface area (Å²) in [5.74, 6) is 2.24. The lowest BCUT2D eigenvalue weighted by Crippen LogP contribution is -2.23. The molecule has 1 aromatic rings. The molecule has 2 heteroatoms. The summed E-state index contributed by atoms with van der Waals surface area (Å²) in [6.45, 7) is 5.15. The van der Waals surface area contributed by atoms with Gasteiger partial charge in [-0.2, -0.15) is 0 Å². The molecule has 152 valence electrons. The Morgan fingerprint density at radius 3 is 2.15 bits per heavy atom. The quantitative estimate of drug-likeness (QED) is 0.426. The van der Waals surface area contributed by atoms with Crippen LogP contribution in [0.15, 0.2) is 18.2 Å². The highest BCUT2D eigenvalue weighted by atomic mass is 19.1. The van der Waals surface area contributed by atoms with Gasteiger partial charge in [0.05, 0.1) is 6.10 Å². The van der Waals surface area contributed by atoms with Gasteiger partial charge in [0.1, 0.15) is 5.82 Å². The number of aryl methyl sites for hydroxylation is 1. The first-order valence-electron chi connectivity index (χ1n) is 11.5. The van der Waals surface area contributed by atoms with Gasteiger partial charge in [-0.25, -0.2) is 4.39 Å². The molecule has 0 N–H and O–H groups in total. The van der Waals surface area contributed by atoms with E-state index in [0.29, 0.717) is 12.0 Å². The van der Waals surface area contributed by atoms with Crippen molar-refractivity contribution >= 4 is 0 Å². The molecule has 0 heterocycles. The summed E-state index contributed by atoms with van der Waals surface area (Å²) in [7, 11) is 0. The van der Waals surface area contributed by atoms with E-state index in [-0.39, 0.29) is 5.82 Å². The highest BCUT2D eigenvalue weighted by molar-refractivity contribution is 5.26. The Kier molecular flexibility index (Phi) is 8.18. The molecule has 0 bridgehead atoms. The highest BCUT2D eigenvalue weighted by Gasteiger charge is 2.26. The second-order valence-corrected chi connectivity index (χ2v) is 9.19. The van der Waals surface area contributed by atoms with Crippen molar-refractivity contribution < 1.29 is 9.13 Å². The van der Waals surface area contributed by atoms with Gasteiger partial charge in [0.2, 0.25) is 0 Å². The van der Waals surface area contributed by atoms with Crippen LogP contribution in [0.1, 0.15) is 101 Å². The first-order valence-corrected chi connectivity index (χ1v) is 11.5. The molecule has 0 radical (unpaired) electrons. The number of rotatable bonds is 8. The molecule has 0 atom stereocenters. The maximum absolute atomic E-state index is 14.2. The number of ether oxygens (including phenoxy) is 1. The minimum absolute atomic E-state index is 0.0105. The molecule has 2 aliphatic carbocycles. The third kappa shape index (κ3) is 6.31. The summed E-state index contributed by atoms with van der Waals surface area (Å²) in [4.78, 5) is 0. The van der Waals surface area contributed by atoms with Crippen LogP contribution in [0.3, 0.4) is 0 Å². The van der Waals surface area contributed by atoms with E-state index in [0.717, 1.165) is 29.6 Å². The maximum atomic E-state index is 14.2. The van der Waals surface area contributed by atoms with E-state index < -0.39 is 0 Å². The predicted molar refractivity (Wildman–Crippen MR) is 112 cm³/mol. The molecule has 0 amide bonds. The summed E-state index contributed by atoms with van der Waals surface area (Å²) in [5, 5.41) is 0. The van der Waals surface area contributed by atoms with Gasteiger partial charge in [0.25, 0.3) is 0 Å². The van der Waals surface area contributed by atoms with Crippen LogP contribution in [0.4, 0.5) is 4.39 Å². The number of hydrogen-bond donors (Lipinski definition) is 0. The topological polar surface area (TPSA) is 9.23 Å².